The van der Waals surface area contributed by atoms with Gasteiger partial charge in [0.2, 0.25) is 0 Å². The van der Waals surface area contributed by atoms with Crippen molar-refractivity contribution in [2.75, 3.05) is 13.1 Å². The first-order valence-corrected chi connectivity index (χ1v) is 10.7. The molecule has 0 saturated carbocycles. The van der Waals surface area contributed by atoms with E-state index < -0.39 is 0 Å². The van der Waals surface area contributed by atoms with E-state index in [4.69, 9.17) is 0 Å². The highest BCUT2D eigenvalue weighted by Gasteiger charge is 2.24. The molecule has 2 aromatic heterocycles. The van der Waals surface area contributed by atoms with Crippen LogP contribution >= 0.6 is 0 Å². The Labute approximate surface area is 176 Å². The van der Waals surface area contributed by atoms with Crippen LogP contribution in [0.3, 0.4) is 0 Å². The number of carbonyl (C=O) groups is 1. The molecule has 1 aliphatic heterocycles. The Morgan fingerprint density at radius 3 is 2.60 bits per heavy atom. The van der Waals surface area contributed by atoms with Gasteiger partial charge in [0.05, 0.1) is 24.3 Å². The van der Waals surface area contributed by atoms with Crippen molar-refractivity contribution in [3.8, 4) is 0 Å². The first-order valence-electron chi connectivity index (χ1n) is 10.7. The van der Waals surface area contributed by atoms with E-state index in [0.717, 1.165) is 60.0 Å². The molecule has 1 amide bonds. The molecule has 3 N–H and O–H groups in total. The van der Waals surface area contributed by atoms with Gasteiger partial charge >= 0.3 is 0 Å². The summed E-state index contributed by atoms with van der Waals surface area (Å²) in [5.74, 6) is -0.0678. The molecule has 3 heterocycles. The summed E-state index contributed by atoms with van der Waals surface area (Å²) in [5.41, 5.74) is 4.82. The van der Waals surface area contributed by atoms with Gasteiger partial charge in [-0.15, -0.1) is 0 Å². The molecule has 0 unspecified atom stereocenters. The number of quaternary nitrogens is 1. The van der Waals surface area contributed by atoms with E-state index in [2.05, 4.69) is 57.7 Å². The molecule has 152 valence electrons. The third-order valence-corrected chi connectivity index (χ3v) is 6.23. The monoisotopic (exact) mass is 399 g/mol. The van der Waals surface area contributed by atoms with Crippen molar-refractivity contribution in [3.63, 3.8) is 0 Å². The van der Waals surface area contributed by atoms with Gasteiger partial charge in [0, 0.05) is 40.7 Å². The number of likely N-dealkylation sites (tertiary alicyclic amines) is 1. The van der Waals surface area contributed by atoms with E-state index >= 15 is 0 Å². The summed E-state index contributed by atoms with van der Waals surface area (Å²) in [6.07, 6.45) is 2.00. The minimum atomic E-state index is -0.0678. The number of aromatic nitrogens is 2. The van der Waals surface area contributed by atoms with Crippen molar-refractivity contribution in [1.82, 2.24) is 15.3 Å². The summed E-state index contributed by atoms with van der Waals surface area (Å²) >= 11 is 0. The smallest absolute Gasteiger partial charge is 0.270 e. The quantitative estimate of drug-likeness (QED) is 0.494. The number of rotatable bonds is 4. The lowest BCUT2D eigenvalue weighted by atomic mass is 10.0. The van der Waals surface area contributed by atoms with Gasteiger partial charge < -0.3 is 15.2 Å². The highest BCUT2D eigenvalue weighted by molar-refractivity contribution is 6.10. The number of nitrogens with zero attached hydrogens (tertiary/aromatic N) is 1. The average molecular weight is 400 g/mol. The molecular weight excluding hydrogens is 372 g/mol. The lowest BCUT2D eigenvalue weighted by Crippen LogP contribution is -3.12. The van der Waals surface area contributed by atoms with Crippen LogP contribution in [-0.4, -0.2) is 35.0 Å². The number of fused-ring (bicyclic) bond motifs is 3. The van der Waals surface area contributed by atoms with E-state index in [-0.39, 0.29) is 11.9 Å². The van der Waals surface area contributed by atoms with Crippen molar-refractivity contribution in [1.29, 1.82) is 0 Å². The number of aromatic amines is 1. The Bertz CT molecular complexity index is 1190. The lowest BCUT2D eigenvalue weighted by Gasteiger charge is -2.29. The number of piperidine rings is 1. The third kappa shape index (κ3) is 3.68. The van der Waals surface area contributed by atoms with Crippen molar-refractivity contribution in [2.45, 2.75) is 32.4 Å². The van der Waals surface area contributed by atoms with Crippen molar-refractivity contribution in [3.05, 3.63) is 77.6 Å². The van der Waals surface area contributed by atoms with E-state index in [1.54, 1.807) is 4.90 Å². The third-order valence-electron chi connectivity index (χ3n) is 6.23. The first kappa shape index (κ1) is 18.8. The molecule has 2 aromatic carbocycles. The number of pyridine rings is 1. The molecule has 5 nitrogen and oxygen atoms in total. The molecule has 5 heteroatoms. The van der Waals surface area contributed by atoms with Gasteiger partial charge in [0.15, 0.2) is 0 Å². The largest absolute Gasteiger partial charge is 0.353 e. The van der Waals surface area contributed by atoms with E-state index in [1.165, 1.54) is 5.56 Å². The normalized spacial score (nSPS) is 19.2. The molecule has 0 radical (unpaired) electrons. The highest BCUT2D eigenvalue weighted by Crippen LogP contribution is 2.27. The number of H-pyrrole nitrogens is 1. The van der Waals surface area contributed by atoms with E-state index in [1.807, 2.05) is 25.1 Å². The van der Waals surface area contributed by atoms with Gasteiger partial charge in [-0.25, -0.2) is 4.98 Å². The predicted octanol–water partition coefficient (Wildman–Crippen LogP) is 3.00. The van der Waals surface area contributed by atoms with Crippen LogP contribution in [0.15, 0.2) is 60.7 Å². The molecule has 0 aliphatic carbocycles. The Balaban J connectivity index is 1.27. The van der Waals surface area contributed by atoms with Crippen LogP contribution < -0.4 is 10.2 Å². The summed E-state index contributed by atoms with van der Waals surface area (Å²) in [4.78, 5) is 22.5. The maximum absolute atomic E-state index is 12.9. The van der Waals surface area contributed by atoms with Crippen molar-refractivity contribution >= 4 is 27.7 Å². The molecule has 4 aromatic rings. The van der Waals surface area contributed by atoms with Gasteiger partial charge in [0.1, 0.15) is 12.2 Å². The second kappa shape index (κ2) is 7.92. The van der Waals surface area contributed by atoms with Crippen LogP contribution in [0.1, 0.15) is 34.6 Å². The Morgan fingerprint density at radius 1 is 1.07 bits per heavy atom. The zero-order chi connectivity index (χ0) is 20.5. The number of para-hydroxylation sites is 1. The minimum Gasteiger partial charge on any atom is -0.353 e. The second-order valence-electron chi connectivity index (χ2n) is 8.35. The number of nitrogens with one attached hydrogen (secondary N) is 3. The molecule has 0 spiro atoms. The van der Waals surface area contributed by atoms with E-state index in [9.17, 15) is 4.79 Å². The van der Waals surface area contributed by atoms with Crippen LogP contribution in [0.4, 0.5) is 0 Å². The Morgan fingerprint density at radius 2 is 1.80 bits per heavy atom. The first-order chi connectivity index (χ1) is 14.7. The molecule has 0 atom stereocenters. The van der Waals surface area contributed by atoms with Gasteiger partial charge in [0.25, 0.3) is 5.91 Å². The zero-order valence-corrected chi connectivity index (χ0v) is 17.2. The molecule has 5 rings (SSSR count). The molecule has 0 bridgehead atoms. The minimum absolute atomic E-state index is 0.0678. The van der Waals surface area contributed by atoms with Crippen LogP contribution in [0.2, 0.25) is 0 Å². The number of aryl methyl sites for hydroxylation is 1. The zero-order valence-electron chi connectivity index (χ0n) is 17.2. The number of hydrogen-bond acceptors (Lipinski definition) is 2. The van der Waals surface area contributed by atoms with Gasteiger partial charge in [-0.2, -0.15) is 0 Å². The van der Waals surface area contributed by atoms with Gasteiger partial charge in [-0.1, -0.05) is 48.5 Å². The fourth-order valence-electron chi connectivity index (χ4n) is 4.61. The maximum Gasteiger partial charge on any atom is 0.270 e. The number of hydrogen-bond donors (Lipinski definition) is 3. The summed E-state index contributed by atoms with van der Waals surface area (Å²) in [6.45, 7) is 5.17. The molecule has 30 heavy (non-hydrogen) atoms. The SMILES string of the molecule is Cc1nc(C(=O)NC2CC[NH+](Cc3ccccc3)CC2)cc2c1[nH]c1ccccc12. The summed E-state index contributed by atoms with van der Waals surface area (Å²) in [7, 11) is 0. The topological polar surface area (TPSA) is 62.2 Å². The van der Waals surface area contributed by atoms with Gasteiger partial charge in [-0.3, -0.25) is 4.79 Å². The summed E-state index contributed by atoms with van der Waals surface area (Å²) in [6, 6.07) is 21.0. The number of benzene rings is 2. The highest BCUT2D eigenvalue weighted by atomic mass is 16.1. The predicted molar refractivity (Wildman–Crippen MR) is 120 cm³/mol. The van der Waals surface area contributed by atoms with Crippen LogP contribution in [0.5, 0.6) is 0 Å². The van der Waals surface area contributed by atoms with Crippen molar-refractivity contribution < 1.29 is 9.69 Å². The standard InChI is InChI=1S/C25H26N4O/c1-17-24-21(20-9-5-6-10-22(20)28-24)15-23(26-17)25(30)27-19-11-13-29(14-12-19)16-18-7-3-2-4-8-18/h2-10,15,19,28H,11-14,16H2,1H3,(H,27,30)/p+1. The molecule has 1 saturated heterocycles. The Hall–Kier alpha value is -3.18. The molecular formula is C25H27N4O+. The number of carbonyl (C=O) groups excluding carboxylic acids is 1. The lowest BCUT2D eigenvalue weighted by molar-refractivity contribution is -0.918. The summed E-state index contributed by atoms with van der Waals surface area (Å²) < 4.78 is 0. The van der Waals surface area contributed by atoms with Crippen molar-refractivity contribution in [2.24, 2.45) is 0 Å². The fourth-order valence-corrected chi connectivity index (χ4v) is 4.61. The Kier molecular flexibility index (Phi) is 4.97. The van der Waals surface area contributed by atoms with E-state index in [0.29, 0.717) is 5.69 Å². The average Bonchev–Trinajstić information content (AvgIpc) is 3.15. The molecule has 1 aliphatic rings. The molecule has 1 fully saturated rings. The second-order valence-corrected chi connectivity index (χ2v) is 8.35. The van der Waals surface area contributed by atoms with Gasteiger partial charge in [-0.05, 0) is 19.1 Å². The maximum atomic E-state index is 12.9. The number of amides is 1. The summed E-state index contributed by atoms with van der Waals surface area (Å²) in [5, 5.41) is 5.42. The van der Waals surface area contributed by atoms with Crippen LogP contribution in [0.25, 0.3) is 21.8 Å². The van der Waals surface area contributed by atoms with Crippen LogP contribution in [0, 0.1) is 6.92 Å². The fraction of sp³-hybridized carbons (Fsp3) is 0.280. The van der Waals surface area contributed by atoms with Crippen LogP contribution in [-0.2, 0) is 6.54 Å².